The molecule has 0 bridgehead atoms. The minimum Gasteiger partial charge on any atom is -0.326 e. The number of amidine groups is 1. The molecule has 180 valence electrons. The van der Waals surface area contributed by atoms with E-state index in [1.807, 2.05) is 81.4 Å². The summed E-state index contributed by atoms with van der Waals surface area (Å²) in [7, 11) is 0. The van der Waals surface area contributed by atoms with E-state index in [0.29, 0.717) is 11.7 Å². The molecule has 0 saturated carbocycles. The smallest absolute Gasteiger partial charge is 0.242 e. The van der Waals surface area contributed by atoms with Crippen molar-refractivity contribution >= 4 is 40.1 Å². The molecule has 1 aliphatic heterocycles. The highest BCUT2D eigenvalue weighted by Crippen LogP contribution is 2.32. The van der Waals surface area contributed by atoms with Crippen molar-refractivity contribution < 1.29 is 9.59 Å². The molecule has 3 aromatic rings. The van der Waals surface area contributed by atoms with E-state index in [1.165, 1.54) is 17.3 Å². The average Bonchev–Trinajstić information content (AvgIpc) is 3.11. The van der Waals surface area contributed by atoms with E-state index in [0.717, 1.165) is 40.9 Å². The van der Waals surface area contributed by atoms with Crippen LogP contribution in [0.4, 0.5) is 11.4 Å². The molecule has 5 nitrogen and oxygen atoms in total. The molecule has 35 heavy (non-hydrogen) atoms. The lowest BCUT2D eigenvalue weighted by Crippen LogP contribution is -2.34. The molecule has 1 heterocycles. The fourth-order valence-corrected chi connectivity index (χ4v) is 5.25. The molecule has 0 aliphatic carbocycles. The summed E-state index contributed by atoms with van der Waals surface area (Å²) in [4.78, 5) is 32.8. The van der Waals surface area contributed by atoms with Gasteiger partial charge in [0.15, 0.2) is 5.17 Å². The number of rotatable bonds is 8. The molecule has 0 spiro atoms. The van der Waals surface area contributed by atoms with Gasteiger partial charge >= 0.3 is 0 Å². The summed E-state index contributed by atoms with van der Waals surface area (Å²) in [6.45, 7) is 6.55. The Hall–Kier alpha value is -3.38. The molecule has 1 fully saturated rings. The van der Waals surface area contributed by atoms with Crippen molar-refractivity contribution in [2.45, 2.75) is 45.3 Å². The van der Waals surface area contributed by atoms with Crippen molar-refractivity contribution in [1.82, 2.24) is 4.90 Å². The van der Waals surface area contributed by atoms with Crippen LogP contribution in [0.5, 0.6) is 0 Å². The van der Waals surface area contributed by atoms with Crippen molar-refractivity contribution in [1.29, 1.82) is 0 Å². The third kappa shape index (κ3) is 6.61. The summed E-state index contributed by atoms with van der Waals surface area (Å²) < 4.78 is 0. The van der Waals surface area contributed by atoms with Gasteiger partial charge in [-0.2, -0.15) is 0 Å². The van der Waals surface area contributed by atoms with Crippen molar-refractivity contribution in [3.63, 3.8) is 0 Å². The van der Waals surface area contributed by atoms with Crippen molar-refractivity contribution in [3.05, 3.63) is 95.1 Å². The SMILES string of the molecule is Cc1cccc(N=C2S[C@H](CC(=O)Nc3cc(C)ccc3C)C(=O)N2CCCc2ccccc2)c1. The lowest BCUT2D eigenvalue weighted by atomic mass is 10.1. The topological polar surface area (TPSA) is 61.8 Å². The standard InChI is InChI=1S/C29H31N3O2S/c1-20-9-7-13-24(17-20)30-29-32(16-8-12-23-10-5-4-6-11-23)28(34)26(35-29)19-27(33)31-25-18-21(2)14-15-22(25)3/h4-7,9-11,13-15,17-18,26H,8,12,16,19H2,1-3H3,(H,31,33)/t26-/m1/s1. The number of carbonyl (C=O) groups is 2. The molecule has 6 heteroatoms. The lowest BCUT2D eigenvalue weighted by Gasteiger charge is -2.16. The Kier molecular flexibility index (Phi) is 8.03. The molecule has 1 aliphatic rings. The van der Waals surface area contributed by atoms with Gasteiger partial charge in [0.2, 0.25) is 11.8 Å². The van der Waals surface area contributed by atoms with E-state index in [4.69, 9.17) is 4.99 Å². The van der Waals surface area contributed by atoms with E-state index in [1.54, 1.807) is 4.90 Å². The van der Waals surface area contributed by atoms with Gasteiger partial charge in [0.05, 0.1) is 5.69 Å². The monoisotopic (exact) mass is 485 g/mol. The molecule has 1 atom stereocenters. The Morgan fingerprint density at radius 3 is 2.51 bits per heavy atom. The number of anilines is 1. The van der Waals surface area contributed by atoms with Crippen molar-refractivity contribution in [3.8, 4) is 0 Å². The second-order valence-electron chi connectivity index (χ2n) is 8.99. The molecule has 0 unspecified atom stereocenters. The number of nitrogens with one attached hydrogen (secondary N) is 1. The van der Waals surface area contributed by atoms with Crippen LogP contribution in [-0.2, 0) is 16.0 Å². The van der Waals surface area contributed by atoms with Crippen LogP contribution in [0.1, 0.15) is 35.1 Å². The second kappa shape index (κ2) is 11.4. The Morgan fingerprint density at radius 2 is 1.74 bits per heavy atom. The first-order valence-corrected chi connectivity index (χ1v) is 12.8. The number of benzene rings is 3. The van der Waals surface area contributed by atoms with Crippen LogP contribution in [0.2, 0.25) is 0 Å². The van der Waals surface area contributed by atoms with Crippen LogP contribution in [0.3, 0.4) is 0 Å². The summed E-state index contributed by atoms with van der Waals surface area (Å²) >= 11 is 1.39. The summed E-state index contributed by atoms with van der Waals surface area (Å²) in [6.07, 6.45) is 1.81. The molecular formula is C29H31N3O2S. The van der Waals surface area contributed by atoms with E-state index >= 15 is 0 Å². The van der Waals surface area contributed by atoms with Crippen LogP contribution < -0.4 is 5.32 Å². The number of aryl methyl sites for hydroxylation is 4. The van der Waals surface area contributed by atoms with Crippen LogP contribution in [-0.4, -0.2) is 33.7 Å². The second-order valence-corrected chi connectivity index (χ2v) is 10.2. The minimum absolute atomic E-state index is 0.0504. The Labute approximate surface area is 211 Å². The van der Waals surface area contributed by atoms with E-state index in [9.17, 15) is 9.59 Å². The van der Waals surface area contributed by atoms with E-state index < -0.39 is 5.25 Å². The fourth-order valence-electron chi connectivity index (χ4n) is 4.06. The Balaban J connectivity index is 1.48. The Morgan fingerprint density at radius 1 is 0.971 bits per heavy atom. The van der Waals surface area contributed by atoms with Gasteiger partial charge in [-0.25, -0.2) is 4.99 Å². The predicted octanol–water partition coefficient (Wildman–Crippen LogP) is 6.20. The van der Waals surface area contributed by atoms with E-state index in [2.05, 4.69) is 17.4 Å². The summed E-state index contributed by atoms with van der Waals surface area (Å²) in [5.41, 5.74) is 6.04. The van der Waals surface area contributed by atoms with Crippen LogP contribution >= 0.6 is 11.8 Å². The first-order valence-electron chi connectivity index (χ1n) is 11.9. The maximum absolute atomic E-state index is 13.4. The maximum atomic E-state index is 13.4. The van der Waals surface area contributed by atoms with Crippen LogP contribution in [0.25, 0.3) is 0 Å². The van der Waals surface area contributed by atoms with Gasteiger partial charge in [0.25, 0.3) is 0 Å². The highest BCUT2D eigenvalue weighted by molar-refractivity contribution is 8.15. The average molecular weight is 486 g/mol. The number of nitrogens with zero attached hydrogens (tertiary/aromatic N) is 2. The molecule has 4 rings (SSSR count). The first kappa shape index (κ1) is 24.7. The third-order valence-electron chi connectivity index (χ3n) is 5.97. The number of thioether (sulfide) groups is 1. The number of hydrogen-bond acceptors (Lipinski definition) is 4. The molecular weight excluding hydrogens is 454 g/mol. The largest absolute Gasteiger partial charge is 0.326 e. The molecule has 0 aromatic heterocycles. The van der Waals surface area contributed by atoms with Crippen molar-refractivity contribution in [2.24, 2.45) is 4.99 Å². The third-order valence-corrected chi connectivity index (χ3v) is 7.15. The van der Waals surface area contributed by atoms with Crippen LogP contribution in [0, 0.1) is 20.8 Å². The fraction of sp³-hybridized carbons (Fsp3) is 0.276. The highest BCUT2D eigenvalue weighted by atomic mass is 32.2. The maximum Gasteiger partial charge on any atom is 0.242 e. The van der Waals surface area contributed by atoms with Gasteiger partial charge in [-0.15, -0.1) is 0 Å². The molecule has 1 N–H and O–H groups in total. The Bertz CT molecular complexity index is 1240. The van der Waals surface area contributed by atoms with Gasteiger partial charge in [0.1, 0.15) is 5.25 Å². The zero-order valence-corrected chi connectivity index (χ0v) is 21.3. The number of hydrogen-bond donors (Lipinski definition) is 1. The van der Waals surface area contributed by atoms with Gasteiger partial charge in [0, 0.05) is 18.7 Å². The summed E-state index contributed by atoms with van der Waals surface area (Å²) in [5, 5.41) is 3.17. The number of amides is 2. The molecule has 2 amide bonds. The quantitative estimate of drug-likeness (QED) is 0.413. The first-order chi connectivity index (χ1) is 16.9. The van der Waals surface area contributed by atoms with Gasteiger partial charge in [-0.3, -0.25) is 14.5 Å². The normalized spacial score (nSPS) is 16.7. The van der Waals surface area contributed by atoms with Crippen molar-refractivity contribution in [2.75, 3.05) is 11.9 Å². The summed E-state index contributed by atoms with van der Waals surface area (Å²) in [5.74, 6) is -0.212. The van der Waals surface area contributed by atoms with Crippen LogP contribution in [0.15, 0.2) is 77.8 Å². The highest BCUT2D eigenvalue weighted by Gasteiger charge is 2.39. The number of aliphatic imine (C=N–C) groups is 1. The summed E-state index contributed by atoms with van der Waals surface area (Å²) in [6, 6.07) is 24.1. The molecule has 1 saturated heterocycles. The zero-order valence-electron chi connectivity index (χ0n) is 20.5. The van der Waals surface area contributed by atoms with E-state index in [-0.39, 0.29) is 18.2 Å². The van der Waals surface area contributed by atoms with Gasteiger partial charge in [-0.05, 0) is 74.1 Å². The van der Waals surface area contributed by atoms with Gasteiger partial charge in [-0.1, -0.05) is 66.4 Å². The minimum atomic E-state index is -0.486. The lowest BCUT2D eigenvalue weighted by molar-refractivity contribution is -0.128. The number of carbonyl (C=O) groups excluding carboxylic acids is 2. The predicted molar refractivity (Wildman–Crippen MR) is 145 cm³/mol. The zero-order chi connectivity index (χ0) is 24.8. The molecule has 3 aromatic carbocycles. The molecule has 0 radical (unpaired) electrons. The van der Waals surface area contributed by atoms with Gasteiger partial charge < -0.3 is 5.32 Å².